The summed E-state index contributed by atoms with van der Waals surface area (Å²) in [6, 6.07) is 21.1. The van der Waals surface area contributed by atoms with E-state index in [-0.39, 0.29) is 5.82 Å². The van der Waals surface area contributed by atoms with E-state index in [1.54, 1.807) is 24.3 Å². The van der Waals surface area contributed by atoms with E-state index in [9.17, 15) is 13.2 Å². The molecule has 0 amide bonds. The second kappa shape index (κ2) is 9.75. The molecule has 0 nitrogen and oxygen atoms in total. The van der Waals surface area contributed by atoms with E-state index >= 15 is 0 Å². The lowest BCUT2D eigenvalue weighted by molar-refractivity contribution is 0.511. The highest BCUT2D eigenvalue weighted by atomic mass is 19.2. The monoisotopic (exact) mass is 428 g/mol. The predicted molar refractivity (Wildman–Crippen MR) is 124 cm³/mol. The van der Waals surface area contributed by atoms with Crippen LogP contribution in [0.3, 0.4) is 0 Å². The van der Waals surface area contributed by atoms with Gasteiger partial charge in [-0.25, -0.2) is 13.2 Å². The van der Waals surface area contributed by atoms with Crippen molar-refractivity contribution in [3.05, 3.63) is 118 Å². The summed E-state index contributed by atoms with van der Waals surface area (Å²) in [5, 5.41) is 1.14. The molecule has 0 aliphatic carbocycles. The SMILES string of the molecule is CCCc1ccc(CCc2ccc(C#Cc3ccc4cc(F)c(F)cc4c3)c(F)c2)cc1. The Balaban J connectivity index is 1.45. The van der Waals surface area contributed by atoms with Crippen molar-refractivity contribution >= 4 is 10.8 Å². The van der Waals surface area contributed by atoms with Crippen LogP contribution >= 0.6 is 0 Å². The average Bonchev–Trinajstić information content (AvgIpc) is 2.79. The molecule has 0 atom stereocenters. The molecule has 4 rings (SSSR count). The van der Waals surface area contributed by atoms with Crippen molar-refractivity contribution in [3.8, 4) is 11.8 Å². The summed E-state index contributed by atoms with van der Waals surface area (Å²) >= 11 is 0. The zero-order valence-corrected chi connectivity index (χ0v) is 17.9. The van der Waals surface area contributed by atoms with Crippen molar-refractivity contribution in [2.24, 2.45) is 0 Å². The maximum Gasteiger partial charge on any atom is 0.159 e. The van der Waals surface area contributed by atoms with Crippen LogP contribution in [0.2, 0.25) is 0 Å². The lowest BCUT2D eigenvalue weighted by Crippen LogP contribution is -1.94. The van der Waals surface area contributed by atoms with E-state index in [0.29, 0.717) is 21.9 Å². The number of hydrogen-bond donors (Lipinski definition) is 0. The van der Waals surface area contributed by atoms with E-state index in [0.717, 1.165) is 43.4 Å². The lowest BCUT2D eigenvalue weighted by Gasteiger charge is -2.05. The molecular formula is C29H23F3. The van der Waals surface area contributed by atoms with Crippen molar-refractivity contribution in [2.75, 3.05) is 0 Å². The third kappa shape index (κ3) is 5.21. The number of halogens is 3. The molecule has 4 aromatic carbocycles. The van der Waals surface area contributed by atoms with Crippen LogP contribution in [-0.4, -0.2) is 0 Å². The highest BCUT2D eigenvalue weighted by Gasteiger charge is 2.05. The summed E-state index contributed by atoms with van der Waals surface area (Å²) in [5.74, 6) is 3.62. The van der Waals surface area contributed by atoms with Crippen molar-refractivity contribution in [1.82, 2.24) is 0 Å². The first-order chi connectivity index (χ1) is 15.5. The van der Waals surface area contributed by atoms with Gasteiger partial charge in [-0.1, -0.05) is 61.6 Å². The Morgan fingerprint density at radius 2 is 1.19 bits per heavy atom. The topological polar surface area (TPSA) is 0 Å². The standard InChI is InChI=1S/C29H23F3/c1-2-3-20-4-6-21(7-5-20)8-9-23-11-14-24(27(30)17-23)13-10-22-12-15-25-18-28(31)29(32)19-26(25)16-22/h4-7,11-12,14-19H,2-3,8-9H2,1H3. The van der Waals surface area contributed by atoms with Gasteiger partial charge in [0.05, 0.1) is 5.56 Å². The van der Waals surface area contributed by atoms with Gasteiger partial charge in [0, 0.05) is 5.56 Å². The van der Waals surface area contributed by atoms with Gasteiger partial charge < -0.3 is 0 Å². The van der Waals surface area contributed by atoms with E-state index in [4.69, 9.17) is 0 Å². The third-order valence-electron chi connectivity index (χ3n) is 5.52. The van der Waals surface area contributed by atoms with Gasteiger partial charge in [0.2, 0.25) is 0 Å². The number of hydrogen-bond acceptors (Lipinski definition) is 0. The highest BCUT2D eigenvalue weighted by molar-refractivity contribution is 5.84. The number of rotatable bonds is 5. The van der Waals surface area contributed by atoms with E-state index in [1.165, 1.54) is 17.2 Å². The quantitative estimate of drug-likeness (QED) is 0.291. The van der Waals surface area contributed by atoms with Crippen molar-refractivity contribution < 1.29 is 13.2 Å². The molecule has 160 valence electrons. The molecule has 0 fully saturated rings. The molecule has 0 aliphatic heterocycles. The first-order valence-corrected chi connectivity index (χ1v) is 10.8. The van der Waals surface area contributed by atoms with E-state index in [1.807, 2.05) is 6.07 Å². The second-order valence-electron chi connectivity index (χ2n) is 7.96. The van der Waals surface area contributed by atoms with Crippen LogP contribution in [0.25, 0.3) is 10.8 Å². The molecule has 0 bridgehead atoms. The molecule has 0 heterocycles. The molecule has 0 N–H and O–H groups in total. The van der Waals surface area contributed by atoms with Gasteiger partial charge in [0.15, 0.2) is 11.6 Å². The van der Waals surface area contributed by atoms with E-state index < -0.39 is 11.6 Å². The molecule has 32 heavy (non-hydrogen) atoms. The van der Waals surface area contributed by atoms with Crippen LogP contribution in [0.15, 0.2) is 72.8 Å². The van der Waals surface area contributed by atoms with Gasteiger partial charge in [0.25, 0.3) is 0 Å². The largest absolute Gasteiger partial charge is 0.206 e. The molecule has 3 heteroatoms. The maximum atomic E-state index is 14.6. The van der Waals surface area contributed by atoms with Crippen LogP contribution in [0.5, 0.6) is 0 Å². The summed E-state index contributed by atoms with van der Waals surface area (Å²) in [6.45, 7) is 2.17. The smallest absolute Gasteiger partial charge is 0.159 e. The number of benzene rings is 4. The van der Waals surface area contributed by atoms with Crippen molar-refractivity contribution in [3.63, 3.8) is 0 Å². The minimum absolute atomic E-state index is 0.308. The Morgan fingerprint density at radius 1 is 0.562 bits per heavy atom. The second-order valence-corrected chi connectivity index (χ2v) is 7.96. The maximum absolute atomic E-state index is 14.6. The average molecular weight is 428 g/mol. The summed E-state index contributed by atoms with van der Waals surface area (Å²) < 4.78 is 41.4. The van der Waals surface area contributed by atoms with Crippen LogP contribution in [0, 0.1) is 29.3 Å². The number of aryl methyl sites for hydroxylation is 3. The summed E-state index contributed by atoms with van der Waals surface area (Å²) in [7, 11) is 0. The van der Waals surface area contributed by atoms with Crippen LogP contribution < -0.4 is 0 Å². The third-order valence-corrected chi connectivity index (χ3v) is 5.52. The van der Waals surface area contributed by atoms with Crippen molar-refractivity contribution in [1.29, 1.82) is 0 Å². The Labute approximate surface area is 186 Å². The first kappa shape index (κ1) is 21.7. The summed E-state index contributed by atoms with van der Waals surface area (Å²) in [4.78, 5) is 0. The minimum Gasteiger partial charge on any atom is -0.206 e. The van der Waals surface area contributed by atoms with E-state index in [2.05, 4.69) is 43.0 Å². The van der Waals surface area contributed by atoms with Gasteiger partial charge in [-0.3, -0.25) is 0 Å². The molecule has 0 spiro atoms. The molecule has 0 aliphatic rings. The molecule has 0 saturated carbocycles. The molecule has 0 aromatic heterocycles. The van der Waals surface area contributed by atoms with Gasteiger partial charge in [-0.15, -0.1) is 0 Å². The summed E-state index contributed by atoms with van der Waals surface area (Å²) in [5.41, 5.74) is 4.42. The van der Waals surface area contributed by atoms with Crippen LogP contribution in [-0.2, 0) is 19.3 Å². The zero-order valence-electron chi connectivity index (χ0n) is 17.9. The first-order valence-electron chi connectivity index (χ1n) is 10.8. The lowest BCUT2D eigenvalue weighted by atomic mass is 10.0. The van der Waals surface area contributed by atoms with Gasteiger partial charge in [-0.2, -0.15) is 0 Å². The molecule has 0 unspecified atom stereocenters. The predicted octanol–water partition coefficient (Wildman–Crippen LogP) is 7.39. The van der Waals surface area contributed by atoms with Crippen LogP contribution in [0.1, 0.15) is 41.2 Å². The Morgan fingerprint density at radius 3 is 1.88 bits per heavy atom. The zero-order chi connectivity index (χ0) is 22.5. The highest BCUT2D eigenvalue weighted by Crippen LogP contribution is 2.20. The fraction of sp³-hybridized carbons (Fsp3) is 0.172. The fourth-order valence-corrected chi connectivity index (χ4v) is 3.72. The van der Waals surface area contributed by atoms with Gasteiger partial charge >= 0.3 is 0 Å². The Hall–Kier alpha value is -3.51. The summed E-state index contributed by atoms with van der Waals surface area (Å²) in [6.07, 6.45) is 3.82. The normalized spacial score (nSPS) is 10.8. The fourth-order valence-electron chi connectivity index (χ4n) is 3.72. The van der Waals surface area contributed by atoms with Crippen molar-refractivity contribution in [2.45, 2.75) is 32.6 Å². The Bertz CT molecular complexity index is 1310. The molecule has 0 saturated heterocycles. The Kier molecular flexibility index (Phi) is 6.61. The molecular weight excluding hydrogens is 405 g/mol. The molecule has 0 radical (unpaired) electrons. The minimum atomic E-state index is -0.902. The van der Waals surface area contributed by atoms with Gasteiger partial charge in [-0.05, 0) is 83.1 Å². The van der Waals surface area contributed by atoms with Gasteiger partial charge in [0.1, 0.15) is 5.82 Å². The number of fused-ring (bicyclic) bond motifs is 1. The van der Waals surface area contributed by atoms with Crippen LogP contribution in [0.4, 0.5) is 13.2 Å². The molecule has 4 aromatic rings.